The van der Waals surface area contributed by atoms with Gasteiger partial charge in [0.15, 0.2) is 0 Å². The van der Waals surface area contributed by atoms with Crippen LogP contribution in [0.4, 0.5) is 0 Å². The topological polar surface area (TPSA) is 27.3 Å². The number of rotatable bonds is 4. The van der Waals surface area contributed by atoms with E-state index in [1.54, 1.807) is 0 Å². The molecule has 0 aromatic heterocycles. The number of hydrogen-bond acceptors (Lipinski definition) is 3. The van der Waals surface area contributed by atoms with Crippen LogP contribution in [0, 0.1) is 10.8 Å². The van der Waals surface area contributed by atoms with Crippen LogP contribution in [0.15, 0.2) is 0 Å². The Balaban J connectivity index is 1.86. The summed E-state index contributed by atoms with van der Waals surface area (Å²) in [6.45, 7) is 19.9. The van der Waals surface area contributed by atoms with Gasteiger partial charge >= 0.3 is 0 Å². The van der Waals surface area contributed by atoms with E-state index in [4.69, 9.17) is 0 Å². The predicted molar refractivity (Wildman–Crippen MR) is 77.9 cm³/mol. The van der Waals surface area contributed by atoms with Gasteiger partial charge in [0.2, 0.25) is 0 Å². The summed E-state index contributed by atoms with van der Waals surface area (Å²) in [5.74, 6) is 0. The van der Waals surface area contributed by atoms with Crippen molar-refractivity contribution in [2.24, 2.45) is 10.8 Å². The van der Waals surface area contributed by atoms with E-state index in [0.29, 0.717) is 16.9 Å². The number of nitrogens with one attached hydrogen (secondary N) is 2. The highest BCUT2D eigenvalue weighted by molar-refractivity contribution is 5.18. The molecule has 0 aromatic rings. The monoisotopic (exact) mass is 253 g/mol. The van der Waals surface area contributed by atoms with E-state index in [2.05, 4.69) is 57.1 Å². The molecule has 0 atom stereocenters. The summed E-state index contributed by atoms with van der Waals surface area (Å²) in [4.78, 5) is 2.61. The third-order valence-corrected chi connectivity index (χ3v) is 5.73. The number of hydrogen-bond donors (Lipinski definition) is 2. The van der Waals surface area contributed by atoms with Crippen molar-refractivity contribution in [3.63, 3.8) is 0 Å². The Labute approximate surface area is 113 Å². The van der Waals surface area contributed by atoms with Crippen LogP contribution in [0.3, 0.4) is 0 Å². The largest absolute Gasteiger partial charge is 0.314 e. The lowest BCUT2D eigenvalue weighted by molar-refractivity contribution is 0.101. The molecule has 0 bridgehead atoms. The molecule has 0 aromatic carbocycles. The van der Waals surface area contributed by atoms with Gasteiger partial charge in [0, 0.05) is 44.3 Å². The Morgan fingerprint density at radius 1 is 1.11 bits per heavy atom. The van der Waals surface area contributed by atoms with Crippen LogP contribution in [0.1, 0.15) is 41.5 Å². The van der Waals surface area contributed by atoms with Gasteiger partial charge in [-0.05, 0) is 24.7 Å². The van der Waals surface area contributed by atoms with E-state index < -0.39 is 0 Å². The molecular weight excluding hydrogens is 222 g/mol. The summed E-state index contributed by atoms with van der Waals surface area (Å²) < 4.78 is 0. The molecule has 1 saturated carbocycles. The lowest BCUT2D eigenvalue weighted by atomic mass is 10.0. The van der Waals surface area contributed by atoms with Gasteiger partial charge < -0.3 is 10.6 Å². The molecule has 106 valence electrons. The van der Waals surface area contributed by atoms with Crippen LogP contribution in [-0.2, 0) is 0 Å². The Morgan fingerprint density at radius 2 is 1.61 bits per heavy atom. The van der Waals surface area contributed by atoms with Gasteiger partial charge in [-0.1, -0.05) is 27.7 Å². The van der Waals surface area contributed by atoms with E-state index in [-0.39, 0.29) is 5.54 Å². The molecule has 1 aliphatic heterocycles. The second kappa shape index (κ2) is 4.46. The molecule has 0 spiro atoms. The maximum absolute atomic E-state index is 3.81. The van der Waals surface area contributed by atoms with E-state index >= 15 is 0 Å². The smallest absolute Gasteiger partial charge is 0.0278 e. The fraction of sp³-hybridized carbons (Fsp3) is 1.00. The van der Waals surface area contributed by atoms with Crippen molar-refractivity contribution in [1.82, 2.24) is 15.5 Å². The van der Waals surface area contributed by atoms with Crippen LogP contribution in [0.5, 0.6) is 0 Å². The van der Waals surface area contributed by atoms with Crippen molar-refractivity contribution in [3.05, 3.63) is 0 Å². The Bertz CT molecular complexity index is 287. The zero-order valence-corrected chi connectivity index (χ0v) is 13.1. The Kier molecular flexibility index (Phi) is 3.54. The van der Waals surface area contributed by atoms with Crippen molar-refractivity contribution in [2.45, 2.75) is 53.1 Å². The van der Waals surface area contributed by atoms with Gasteiger partial charge in [-0.25, -0.2) is 0 Å². The predicted octanol–water partition coefficient (Wildman–Crippen LogP) is 1.69. The zero-order valence-electron chi connectivity index (χ0n) is 13.1. The first kappa shape index (κ1) is 14.3. The number of piperazine rings is 1. The van der Waals surface area contributed by atoms with Crippen LogP contribution in [0.25, 0.3) is 0 Å². The van der Waals surface area contributed by atoms with Crippen LogP contribution in [-0.4, -0.2) is 49.2 Å². The van der Waals surface area contributed by atoms with E-state index in [9.17, 15) is 0 Å². The van der Waals surface area contributed by atoms with E-state index in [0.717, 1.165) is 19.6 Å². The fourth-order valence-electron chi connectivity index (χ4n) is 3.44. The molecule has 3 heteroatoms. The minimum Gasteiger partial charge on any atom is -0.314 e. The molecule has 0 radical (unpaired) electrons. The highest BCUT2D eigenvalue weighted by atomic mass is 15.3. The van der Waals surface area contributed by atoms with Gasteiger partial charge in [0.05, 0.1) is 0 Å². The molecule has 18 heavy (non-hydrogen) atoms. The van der Waals surface area contributed by atoms with Crippen molar-refractivity contribution < 1.29 is 0 Å². The molecule has 3 nitrogen and oxygen atoms in total. The standard InChI is InChI=1S/C15H31N3/c1-13(2,18-9-7-16-8-10-18)11-17-12-14(3,4)15(12,5)6/h12,16-17H,7-11H2,1-6H3. The Hall–Kier alpha value is -0.120. The summed E-state index contributed by atoms with van der Waals surface area (Å²) in [7, 11) is 0. The van der Waals surface area contributed by atoms with E-state index in [1.807, 2.05) is 0 Å². The van der Waals surface area contributed by atoms with Gasteiger partial charge in [-0.3, -0.25) is 4.90 Å². The first-order valence-electron chi connectivity index (χ1n) is 7.39. The van der Waals surface area contributed by atoms with Crippen molar-refractivity contribution >= 4 is 0 Å². The summed E-state index contributed by atoms with van der Waals surface area (Å²) >= 11 is 0. The first-order valence-corrected chi connectivity index (χ1v) is 7.39. The van der Waals surface area contributed by atoms with Gasteiger partial charge in [0.25, 0.3) is 0 Å². The molecule has 2 fully saturated rings. The third-order valence-electron chi connectivity index (χ3n) is 5.73. The van der Waals surface area contributed by atoms with Crippen molar-refractivity contribution in [3.8, 4) is 0 Å². The maximum atomic E-state index is 3.81. The highest BCUT2D eigenvalue weighted by Gasteiger charge is 2.64. The lowest BCUT2D eigenvalue weighted by Crippen LogP contribution is -2.57. The molecule has 1 saturated heterocycles. The highest BCUT2D eigenvalue weighted by Crippen LogP contribution is 2.62. The second-order valence-electron chi connectivity index (χ2n) is 7.81. The van der Waals surface area contributed by atoms with Crippen molar-refractivity contribution in [2.75, 3.05) is 32.7 Å². The summed E-state index contributed by atoms with van der Waals surface area (Å²) in [6, 6.07) is 0.659. The van der Waals surface area contributed by atoms with Gasteiger partial charge in [-0.2, -0.15) is 0 Å². The maximum Gasteiger partial charge on any atom is 0.0278 e. The molecule has 1 aliphatic carbocycles. The molecule has 2 aliphatic rings. The average molecular weight is 253 g/mol. The minimum absolute atomic E-state index is 0.261. The van der Waals surface area contributed by atoms with Gasteiger partial charge in [-0.15, -0.1) is 0 Å². The van der Waals surface area contributed by atoms with Crippen LogP contribution in [0.2, 0.25) is 0 Å². The minimum atomic E-state index is 0.261. The SMILES string of the molecule is CC(C)(CNC1C(C)(C)C1(C)C)N1CCNCC1. The summed E-state index contributed by atoms with van der Waals surface area (Å²) in [5.41, 5.74) is 1.13. The summed E-state index contributed by atoms with van der Waals surface area (Å²) in [5, 5.41) is 7.24. The average Bonchev–Trinajstić information content (AvgIpc) is 2.68. The van der Waals surface area contributed by atoms with Crippen molar-refractivity contribution in [1.29, 1.82) is 0 Å². The Morgan fingerprint density at radius 3 is 2.06 bits per heavy atom. The first-order chi connectivity index (χ1) is 8.19. The lowest BCUT2D eigenvalue weighted by Gasteiger charge is -2.41. The second-order valence-corrected chi connectivity index (χ2v) is 7.81. The quantitative estimate of drug-likeness (QED) is 0.798. The summed E-state index contributed by atoms with van der Waals surface area (Å²) in [6.07, 6.45) is 0. The third kappa shape index (κ3) is 2.33. The molecule has 0 amide bonds. The number of nitrogens with zero attached hydrogens (tertiary/aromatic N) is 1. The normalized spacial score (nSPS) is 28.3. The van der Waals surface area contributed by atoms with E-state index in [1.165, 1.54) is 13.1 Å². The van der Waals surface area contributed by atoms with Crippen LogP contribution >= 0.6 is 0 Å². The molecule has 2 rings (SSSR count). The zero-order chi connectivity index (χ0) is 13.6. The van der Waals surface area contributed by atoms with Crippen LogP contribution < -0.4 is 10.6 Å². The molecule has 0 unspecified atom stereocenters. The molecular formula is C15H31N3. The van der Waals surface area contributed by atoms with Gasteiger partial charge in [0.1, 0.15) is 0 Å². The fourth-order valence-corrected chi connectivity index (χ4v) is 3.44. The molecule has 1 heterocycles. The molecule has 2 N–H and O–H groups in total.